The van der Waals surface area contributed by atoms with Crippen molar-refractivity contribution < 1.29 is 86.1 Å². The van der Waals surface area contributed by atoms with Gasteiger partial charge < -0.3 is 64.7 Å². The Morgan fingerprint density at radius 1 is 0.570 bits per heavy atom. The number of carbonyl (C=O) groups is 13. The Labute approximate surface area is 595 Å². The van der Waals surface area contributed by atoms with Crippen LogP contribution in [0.15, 0.2) is 12.2 Å². The van der Waals surface area contributed by atoms with Gasteiger partial charge in [0.25, 0.3) is 5.91 Å². The second-order valence-corrected chi connectivity index (χ2v) is 29.5. The lowest BCUT2D eigenvalue weighted by molar-refractivity contribution is -0.321. The first-order chi connectivity index (χ1) is 46.2. The number of hydrogen-bond acceptors (Lipinski definition) is 18. The van der Waals surface area contributed by atoms with Gasteiger partial charge in [-0.15, -0.1) is 0 Å². The summed E-state index contributed by atoms with van der Waals surface area (Å²) in [6, 6.07) is -12.2. The summed E-state index contributed by atoms with van der Waals surface area (Å²) in [5.41, 5.74) is -0.921. The van der Waals surface area contributed by atoms with Crippen LogP contribution in [0.1, 0.15) is 183 Å². The maximum Gasteiger partial charge on any atom is 0.410 e. The summed E-state index contributed by atoms with van der Waals surface area (Å²) in [5, 5.41) is 11.9. The second-order valence-electron chi connectivity index (χ2n) is 29.5. The molecule has 1 rings (SSSR count). The molecule has 1 saturated heterocycles. The van der Waals surface area contributed by atoms with Crippen molar-refractivity contribution in [2.75, 3.05) is 69.2 Å². The Kier molecular flexibility index (Phi) is 38.1. The Morgan fingerprint density at radius 3 is 1.55 bits per heavy atom. The molecule has 1 aliphatic rings. The van der Waals surface area contributed by atoms with Gasteiger partial charge in [-0.2, -0.15) is 0 Å². The number of hydrogen-bond donors (Lipinski definition) is 4. The standard InChI is InChI=1S/C71H125N11O18/c1-28-30-33-45(13)59-58(63(88)74-50(29-2)65(90)76(21)39-54(84)96-27)82(100-59)69(94)56(44(11)12)80(25)67(92)53(38-42(7)8)79(24)66(91)52(37-41(5)6)78(23)64(89)47(15)73-60(85)46(14)72-61(86)51(36-40(3)4)77(22)68(93)55(43(9)10)75-62(87)57(81(26)70(95)99-71(18,19)20)48(16)97-34-31-32-35-98-49(17)83/h28,30,40-48,50-53,55-59H,29,31-39H2,1-27H3,(H,72,86)(H,73,85)(H,74,88)(H,75,87)/b30-28+/t45-,46+,47-,48+,50+,51+,52+,53+,55+,56+,57+,58+,59-/m1/s1. The van der Waals surface area contributed by atoms with E-state index in [1.54, 1.807) is 62.3 Å². The number of hydroxylamine groups is 2. The van der Waals surface area contributed by atoms with Crippen LogP contribution in [-0.4, -0.2) is 259 Å². The molecule has 4 N–H and O–H groups in total. The van der Waals surface area contributed by atoms with Crippen molar-refractivity contribution in [3.8, 4) is 0 Å². The van der Waals surface area contributed by atoms with Crippen LogP contribution >= 0.6 is 0 Å². The molecule has 1 aliphatic heterocycles. The normalized spacial score (nSPS) is 17.2. The molecule has 0 aromatic carbocycles. The van der Waals surface area contributed by atoms with Crippen molar-refractivity contribution >= 4 is 77.1 Å². The minimum atomic E-state index is -1.30. The number of rotatable bonds is 40. The van der Waals surface area contributed by atoms with Gasteiger partial charge in [-0.3, -0.25) is 67.3 Å². The zero-order valence-corrected chi connectivity index (χ0v) is 65.1. The van der Waals surface area contributed by atoms with E-state index in [0.717, 1.165) is 14.9 Å². The van der Waals surface area contributed by atoms with Crippen molar-refractivity contribution in [3.05, 3.63) is 12.2 Å². The van der Waals surface area contributed by atoms with Crippen molar-refractivity contribution in [1.82, 2.24) is 55.7 Å². The van der Waals surface area contributed by atoms with Crippen LogP contribution in [0.4, 0.5) is 4.79 Å². The third-order valence-corrected chi connectivity index (χ3v) is 17.4. The molecular weight excluding hydrogens is 1290 g/mol. The molecule has 0 spiro atoms. The monoisotopic (exact) mass is 1420 g/mol. The lowest BCUT2D eigenvalue weighted by Crippen LogP contribution is -2.71. The Hall–Kier alpha value is -7.43. The highest BCUT2D eigenvalue weighted by Crippen LogP contribution is 2.34. The van der Waals surface area contributed by atoms with Crippen molar-refractivity contribution in [2.45, 2.75) is 262 Å². The Balaban J connectivity index is 3.56. The molecule has 100 heavy (non-hydrogen) atoms. The van der Waals surface area contributed by atoms with E-state index in [2.05, 4.69) is 21.3 Å². The molecule has 1 heterocycles. The number of nitrogens with one attached hydrogen (secondary N) is 4. The topological polar surface area (TPSA) is 339 Å². The largest absolute Gasteiger partial charge is 0.468 e. The number of carbonyl (C=O) groups excluding carboxylic acids is 13. The first-order valence-corrected chi connectivity index (χ1v) is 35.2. The van der Waals surface area contributed by atoms with Gasteiger partial charge in [-0.25, -0.2) is 9.86 Å². The van der Waals surface area contributed by atoms with Crippen LogP contribution in [0.5, 0.6) is 0 Å². The fourth-order valence-corrected chi connectivity index (χ4v) is 11.6. The molecule has 0 unspecified atom stereocenters. The van der Waals surface area contributed by atoms with Crippen molar-refractivity contribution in [3.63, 3.8) is 0 Å². The Morgan fingerprint density at radius 2 is 1.07 bits per heavy atom. The summed E-state index contributed by atoms with van der Waals surface area (Å²) in [6.07, 6.45) is 3.15. The van der Waals surface area contributed by atoms with Gasteiger partial charge in [0.2, 0.25) is 53.2 Å². The summed E-state index contributed by atoms with van der Waals surface area (Å²) in [4.78, 5) is 195. The lowest BCUT2D eigenvalue weighted by Gasteiger charge is -2.50. The van der Waals surface area contributed by atoms with E-state index < -0.39 is 167 Å². The first kappa shape index (κ1) is 90.6. The highest BCUT2D eigenvalue weighted by Gasteiger charge is 2.54. The van der Waals surface area contributed by atoms with Crippen molar-refractivity contribution in [2.24, 2.45) is 35.5 Å². The second kappa shape index (κ2) is 42.1. The summed E-state index contributed by atoms with van der Waals surface area (Å²) >= 11 is 0. The smallest absolute Gasteiger partial charge is 0.410 e. The summed E-state index contributed by atoms with van der Waals surface area (Å²) in [5.74, 6) is -9.72. The van der Waals surface area contributed by atoms with Gasteiger partial charge in [-0.05, 0) is 129 Å². The molecule has 0 aromatic heterocycles. The fourth-order valence-electron chi connectivity index (χ4n) is 11.6. The van der Waals surface area contributed by atoms with Gasteiger partial charge in [0, 0.05) is 55.8 Å². The van der Waals surface area contributed by atoms with Crippen LogP contribution in [0.2, 0.25) is 0 Å². The molecule has 1 fully saturated rings. The van der Waals surface area contributed by atoms with E-state index in [1.807, 2.05) is 67.5 Å². The van der Waals surface area contributed by atoms with Gasteiger partial charge in [0.15, 0.2) is 6.04 Å². The van der Waals surface area contributed by atoms with Crippen LogP contribution < -0.4 is 21.3 Å². The maximum atomic E-state index is 15.1. The molecule has 13 atom stereocenters. The Bertz CT molecular complexity index is 2790. The molecule has 0 radical (unpaired) electrons. The molecular formula is C71H125N11O18. The third kappa shape index (κ3) is 27.5. The van der Waals surface area contributed by atoms with Crippen LogP contribution in [0, 0.1) is 35.5 Å². The molecule has 29 heteroatoms. The zero-order chi connectivity index (χ0) is 77.3. The van der Waals surface area contributed by atoms with Crippen LogP contribution in [0.25, 0.3) is 0 Å². The zero-order valence-electron chi connectivity index (χ0n) is 65.1. The first-order valence-electron chi connectivity index (χ1n) is 35.2. The van der Waals surface area contributed by atoms with E-state index >= 15 is 9.59 Å². The highest BCUT2D eigenvalue weighted by molar-refractivity contribution is 5.99. The minimum Gasteiger partial charge on any atom is -0.468 e. The molecule has 0 aromatic rings. The van der Waals surface area contributed by atoms with Gasteiger partial charge in [0.05, 0.1) is 19.8 Å². The van der Waals surface area contributed by atoms with E-state index in [9.17, 15) is 52.7 Å². The van der Waals surface area contributed by atoms with E-state index in [4.69, 9.17) is 23.8 Å². The van der Waals surface area contributed by atoms with Crippen LogP contribution in [0.3, 0.4) is 0 Å². The number of methoxy groups -OCH3 is 1. The van der Waals surface area contributed by atoms with Gasteiger partial charge in [0.1, 0.15) is 72.6 Å². The fraction of sp³-hybridized carbons (Fsp3) is 0.789. The predicted octanol–water partition coefficient (Wildman–Crippen LogP) is 4.86. The van der Waals surface area contributed by atoms with E-state index in [1.165, 1.54) is 89.8 Å². The van der Waals surface area contributed by atoms with Crippen LogP contribution in [-0.2, 0) is 81.3 Å². The number of amides is 11. The quantitative estimate of drug-likeness (QED) is 0.0275. The number of likely N-dealkylation sites (N-methyl/N-ethyl adjacent to an activating group) is 6. The predicted molar refractivity (Wildman–Crippen MR) is 376 cm³/mol. The molecule has 29 nitrogen and oxygen atoms in total. The molecule has 0 aliphatic carbocycles. The van der Waals surface area contributed by atoms with Gasteiger partial charge in [-0.1, -0.05) is 95.2 Å². The summed E-state index contributed by atoms with van der Waals surface area (Å²) in [7, 11) is 9.70. The molecule has 0 bridgehead atoms. The van der Waals surface area contributed by atoms with E-state index in [0.29, 0.717) is 19.3 Å². The third-order valence-electron chi connectivity index (χ3n) is 17.4. The number of unbranched alkanes of at least 4 members (excludes halogenated alkanes) is 1. The van der Waals surface area contributed by atoms with Crippen molar-refractivity contribution in [1.29, 1.82) is 0 Å². The maximum absolute atomic E-state index is 15.1. The molecule has 572 valence electrons. The number of nitrogens with zero attached hydrogens (tertiary/aromatic N) is 7. The number of esters is 2. The average Bonchev–Trinajstić information content (AvgIpc) is 0.756. The lowest BCUT2D eigenvalue weighted by atomic mass is 9.90. The number of allylic oxidation sites excluding steroid dienone is 2. The summed E-state index contributed by atoms with van der Waals surface area (Å²) < 4.78 is 21.4. The summed E-state index contributed by atoms with van der Waals surface area (Å²) in [6.45, 7) is 34.1. The SMILES string of the molecule is C/C=C/C[C@@H](C)[C@H]1ON(C(=O)[C@H](C(C)C)N(C)C(=O)[C@H](CC(C)C)N(C)C(=O)[C@H](CC(C)C)N(C)C(=O)[C@@H](C)NC(=O)[C@H](C)NC(=O)[C@H](CC(C)C)N(C)C(=O)[C@@H](NC(=O)[C@H]([C@H](C)OCCCCOC(C)=O)N(C)C(=O)OC(C)(C)C)C(C)C)[C@@H]1C(=O)N[C@@H](CC)C(=O)N(C)CC(=O)OC. The highest BCUT2D eigenvalue weighted by atomic mass is 16.7. The number of ether oxygens (including phenoxy) is 4. The van der Waals surface area contributed by atoms with E-state index in [-0.39, 0.29) is 69.1 Å². The van der Waals surface area contributed by atoms with Gasteiger partial charge >= 0.3 is 18.0 Å². The molecule has 0 saturated carbocycles. The molecule has 11 amide bonds. The average molecular weight is 1420 g/mol. The minimum absolute atomic E-state index is 0.126.